The Kier molecular flexibility index (Phi) is 5.53. The summed E-state index contributed by atoms with van der Waals surface area (Å²) in [5, 5.41) is 0.371. The average molecular weight is 388 g/mol. The van der Waals surface area contributed by atoms with Gasteiger partial charge in [0.2, 0.25) is 10.0 Å². The second kappa shape index (κ2) is 6.62. The summed E-state index contributed by atoms with van der Waals surface area (Å²) in [6, 6.07) is 0. The summed E-state index contributed by atoms with van der Waals surface area (Å²) in [5.41, 5.74) is 0. The molecule has 1 aliphatic heterocycles. The number of hydrogen-bond donors (Lipinski definition) is 1. The van der Waals surface area contributed by atoms with E-state index in [0.29, 0.717) is 18.4 Å². The van der Waals surface area contributed by atoms with Gasteiger partial charge in [-0.1, -0.05) is 22.4 Å². The van der Waals surface area contributed by atoms with Crippen molar-refractivity contribution in [1.29, 1.82) is 0 Å². The van der Waals surface area contributed by atoms with E-state index in [4.69, 9.17) is 0 Å². The van der Waals surface area contributed by atoms with Crippen molar-refractivity contribution >= 4 is 35.8 Å². The topological polar surface area (TPSA) is 80.3 Å². The van der Waals surface area contributed by atoms with Crippen LogP contribution in [0, 0.1) is 11.8 Å². The van der Waals surface area contributed by atoms with Gasteiger partial charge in [-0.15, -0.1) is 0 Å². The zero-order valence-corrected chi connectivity index (χ0v) is 14.6. The number of hydrogen-bond acceptors (Lipinski definition) is 4. The van der Waals surface area contributed by atoms with E-state index in [9.17, 15) is 16.8 Å². The summed E-state index contributed by atoms with van der Waals surface area (Å²) >= 11 is 3.48. The van der Waals surface area contributed by atoms with Gasteiger partial charge in [0.25, 0.3) is 0 Å². The summed E-state index contributed by atoms with van der Waals surface area (Å²) in [5.74, 6) is 0.929. The van der Waals surface area contributed by atoms with Gasteiger partial charge in [-0.2, -0.15) is 0 Å². The zero-order chi connectivity index (χ0) is 14.8. The molecule has 5 nitrogen and oxygen atoms in total. The first kappa shape index (κ1) is 16.7. The molecule has 0 bridgehead atoms. The monoisotopic (exact) mass is 387 g/mol. The molecule has 2 atom stereocenters. The molecule has 1 heterocycles. The van der Waals surface area contributed by atoms with E-state index in [-0.39, 0.29) is 24.3 Å². The molecule has 1 aliphatic carbocycles. The van der Waals surface area contributed by atoms with Crippen LogP contribution in [0.15, 0.2) is 0 Å². The number of halogens is 1. The molecule has 0 radical (unpaired) electrons. The van der Waals surface area contributed by atoms with E-state index in [2.05, 4.69) is 20.7 Å². The molecule has 118 valence electrons. The minimum absolute atomic E-state index is 0.00791. The van der Waals surface area contributed by atoms with Crippen LogP contribution in [0.2, 0.25) is 0 Å². The molecule has 0 amide bonds. The van der Waals surface area contributed by atoms with Crippen LogP contribution in [0.25, 0.3) is 0 Å². The van der Waals surface area contributed by atoms with Crippen LogP contribution in [0.1, 0.15) is 32.1 Å². The molecule has 1 saturated carbocycles. The lowest BCUT2D eigenvalue weighted by atomic mass is 9.99. The molecule has 2 unspecified atom stereocenters. The first-order valence-electron chi connectivity index (χ1n) is 7.09. The second-order valence-electron chi connectivity index (χ2n) is 5.85. The van der Waals surface area contributed by atoms with Crippen LogP contribution in [0.3, 0.4) is 0 Å². The van der Waals surface area contributed by atoms with Gasteiger partial charge >= 0.3 is 0 Å². The van der Waals surface area contributed by atoms with Crippen molar-refractivity contribution in [3.05, 3.63) is 0 Å². The Morgan fingerprint density at radius 3 is 2.25 bits per heavy atom. The van der Waals surface area contributed by atoms with E-state index in [1.165, 1.54) is 0 Å². The lowest BCUT2D eigenvalue weighted by molar-refractivity contribution is 0.420. The van der Waals surface area contributed by atoms with Crippen LogP contribution in [0.5, 0.6) is 0 Å². The molecule has 20 heavy (non-hydrogen) atoms. The van der Waals surface area contributed by atoms with Crippen LogP contribution < -0.4 is 4.72 Å². The van der Waals surface area contributed by atoms with Crippen molar-refractivity contribution in [2.45, 2.75) is 37.4 Å². The maximum absolute atomic E-state index is 12.2. The highest BCUT2D eigenvalue weighted by molar-refractivity contribution is 9.09. The fraction of sp³-hybridized carbons (Fsp3) is 1.00. The number of sulfone groups is 1. The van der Waals surface area contributed by atoms with E-state index < -0.39 is 25.1 Å². The van der Waals surface area contributed by atoms with Crippen molar-refractivity contribution in [1.82, 2.24) is 4.72 Å². The highest BCUT2D eigenvalue weighted by Gasteiger charge is 2.34. The maximum Gasteiger partial charge on any atom is 0.214 e. The van der Waals surface area contributed by atoms with Gasteiger partial charge in [-0.05, 0) is 37.5 Å². The number of nitrogens with one attached hydrogen (secondary N) is 1. The minimum atomic E-state index is -3.38. The summed E-state index contributed by atoms with van der Waals surface area (Å²) in [6.45, 7) is 0.488. The van der Waals surface area contributed by atoms with Gasteiger partial charge in [0, 0.05) is 11.9 Å². The quantitative estimate of drug-likeness (QED) is 0.720. The van der Waals surface area contributed by atoms with E-state index >= 15 is 0 Å². The molecule has 2 aliphatic rings. The molecular formula is C12H22BrNO4S2. The molecule has 0 aromatic heterocycles. The van der Waals surface area contributed by atoms with Crippen molar-refractivity contribution in [2.24, 2.45) is 11.8 Å². The van der Waals surface area contributed by atoms with Gasteiger partial charge in [-0.3, -0.25) is 0 Å². The Morgan fingerprint density at radius 2 is 1.65 bits per heavy atom. The lowest BCUT2D eigenvalue weighted by Crippen LogP contribution is -2.41. The fourth-order valence-electron chi connectivity index (χ4n) is 3.11. The Balaban J connectivity index is 1.88. The molecule has 0 aromatic rings. The van der Waals surface area contributed by atoms with Crippen molar-refractivity contribution in [3.63, 3.8) is 0 Å². The third-order valence-electron chi connectivity index (χ3n) is 4.50. The molecule has 0 spiro atoms. The Hall–Kier alpha value is 0.340. The Labute approximate surface area is 130 Å². The van der Waals surface area contributed by atoms with Crippen LogP contribution in [0.4, 0.5) is 0 Å². The highest BCUT2D eigenvalue weighted by atomic mass is 79.9. The summed E-state index contributed by atoms with van der Waals surface area (Å²) in [4.78, 5) is 0. The highest BCUT2D eigenvalue weighted by Crippen LogP contribution is 2.32. The Morgan fingerprint density at radius 1 is 1.05 bits per heavy atom. The predicted molar refractivity (Wildman–Crippen MR) is 83.2 cm³/mol. The van der Waals surface area contributed by atoms with E-state index in [1.54, 1.807) is 0 Å². The first-order valence-corrected chi connectivity index (χ1v) is 11.6. The van der Waals surface area contributed by atoms with Gasteiger partial charge in [0.15, 0.2) is 0 Å². The molecule has 2 rings (SSSR count). The molecule has 1 saturated heterocycles. The largest absolute Gasteiger partial charge is 0.229 e. The summed E-state index contributed by atoms with van der Waals surface area (Å²) < 4.78 is 49.9. The maximum atomic E-state index is 12.2. The summed E-state index contributed by atoms with van der Waals surface area (Å²) in [6.07, 6.45) is 3.83. The van der Waals surface area contributed by atoms with Gasteiger partial charge in [-0.25, -0.2) is 21.6 Å². The first-order chi connectivity index (χ1) is 9.34. The third kappa shape index (κ3) is 4.18. The smallest absolute Gasteiger partial charge is 0.214 e. The van der Waals surface area contributed by atoms with Crippen LogP contribution >= 0.6 is 15.9 Å². The Bertz CT molecular complexity index is 518. The molecule has 1 N–H and O–H groups in total. The molecule has 2 fully saturated rings. The van der Waals surface area contributed by atoms with Gasteiger partial charge < -0.3 is 0 Å². The average Bonchev–Trinajstić information content (AvgIpc) is 2.83. The number of alkyl halides is 1. The zero-order valence-electron chi connectivity index (χ0n) is 11.4. The van der Waals surface area contributed by atoms with E-state index in [1.807, 2.05) is 0 Å². The van der Waals surface area contributed by atoms with E-state index in [0.717, 1.165) is 24.6 Å². The van der Waals surface area contributed by atoms with Gasteiger partial charge in [0.1, 0.15) is 9.84 Å². The number of sulfonamides is 1. The van der Waals surface area contributed by atoms with Crippen molar-refractivity contribution in [3.8, 4) is 0 Å². The molecule has 8 heteroatoms. The SMILES string of the molecule is O=S1(=O)CCC(S(=O)(=O)NCC2CCCC2CBr)CC1. The van der Waals surface area contributed by atoms with Crippen LogP contribution in [-0.2, 0) is 19.9 Å². The molecule has 0 aromatic carbocycles. The third-order valence-corrected chi connectivity index (χ3v) is 8.97. The van der Waals surface area contributed by atoms with Crippen LogP contribution in [-0.4, -0.2) is 45.5 Å². The standard InChI is InChI=1S/C12H22BrNO4S2/c13-8-10-2-1-3-11(10)9-14-20(17,18)12-4-6-19(15,16)7-5-12/h10-12,14H,1-9H2. The normalized spacial score (nSPS) is 31.4. The van der Waals surface area contributed by atoms with Crippen molar-refractivity contribution in [2.75, 3.05) is 23.4 Å². The summed E-state index contributed by atoms with van der Waals surface area (Å²) in [7, 11) is -6.40. The second-order valence-corrected chi connectivity index (χ2v) is 10.8. The fourth-order valence-corrected chi connectivity index (χ4v) is 7.29. The molecular weight excluding hydrogens is 366 g/mol. The van der Waals surface area contributed by atoms with Crippen molar-refractivity contribution < 1.29 is 16.8 Å². The number of rotatable bonds is 5. The van der Waals surface area contributed by atoms with Gasteiger partial charge in [0.05, 0.1) is 16.8 Å². The lowest BCUT2D eigenvalue weighted by Gasteiger charge is -2.24. The minimum Gasteiger partial charge on any atom is -0.229 e. The predicted octanol–water partition coefficient (Wildman–Crippen LogP) is 1.29.